The summed E-state index contributed by atoms with van der Waals surface area (Å²) in [5.41, 5.74) is 2.60. The lowest BCUT2D eigenvalue weighted by atomic mass is 10.2. The lowest BCUT2D eigenvalue weighted by Gasteiger charge is -2.23. The van der Waals surface area contributed by atoms with Crippen molar-refractivity contribution in [2.75, 3.05) is 11.4 Å². The quantitative estimate of drug-likeness (QED) is 0.713. The van der Waals surface area contributed by atoms with Gasteiger partial charge in [-0.25, -0.2) is 0 Å². The Morgan fingerprint density at radius 2 is 1.80 bits per heavy atom. The van der Waals surface area contributed by atoms with Gasteiger partial charge in [-0.3, -0.25) is 0 Å². The molecular formula is C14H21N. The van der Waals surface area contributed by atoms with Crippen LogP contribution in [0.1, 0.15) is 27.7 Å². The van der Waals surface area contributed by atoms with E-state index in [0.29, 0.717) is 5.92 Å². The highest BCUT2D eigenvalue weighted by Gasteiger charge is 2.04. The first kappa shape index (κ1) is 11.8. The molecule has 0 aliphatic rings. The van der Waals surface area contributed by atoms with Gasteiger partial charge in [0.1, 0.15) is 0 Å². The van der Waals surface area contributed by atoms with Gasteiger partial charge >= 0.3 is 0 Å². The zero-order valence-corrected chi connectivity index (χ0v) is 10.2. The van der Waals surface area contributed by atoms with Crippen LogP contribution in [0.4, 0.5) is 5.69 Å². The van der Waals surface area contributed by atoms with Crippen LogP contribution < -0.4 is 4.90 Å². The van der Waals surface area contributed by atoms with Gasteiger partial charge < -0.3 is 4.90 Å². The van der Waals surface area contributed by atoms with Crippen LogP contribution >= 0.6 is 0 Å². The van der Waals surface area contributed by atoms with Crippen LogP contribution in [0.2, 0.25) is 0 Å². The summed E-state index contributed by atoms with van der Waals surface area (Å²) in [6.07, 6.45) is 2.22. The van der Waals surface area contributed by atoms with Gasteiger partial charge in [0.2, 0.25) is 0 Å². The van der Waals surface area contributed by atoms with Crippen LogP contribution in [0.25, 0.3) is 0 Å². The summed E-state index contributed by atoms with van der Waals surface area (Å²) in [6.45, 7) is 9.82. The van der Waals surface area contributed by atoms with E-state index in [0.717, 1.165) is 6.54 Å². The van der Waals surface area contributed by atoms with Gasteiger partial charge in [-0.1, -0.05) is 37.6 Å². The first-order valence-electron chi connectivity index (χ1n) is 5.56. The number of nitrogens with zero attached hydrogens (tertiary/aromatic N) is 1. The smallest absolute Gasteiger partial charge is 0.0406 e. The van der Waals surface area contributed by atoms with E-state index >= 15 is 0 Å². The van der Waals surface area contributed by atoms with Gasteiger partial charge in [0.15, 0.2) is 0 Å². The van der Waals surface area contributed by atoms with E-state index in [2.05, 4.69) is 69.1 Å². The summed E-state index contributed by atoms with van der Waals surface area (Å²) < 4.78 is 0. The summed E-state index contributed by atoms with van der Waals surface area (Å²) in [5, 5.41) is 0. The van der Waals surface area contributed by atoms with Crippen molar-refractivity contribution in [3.63, 3.8) is 0 Å². The second-order valence-electron chi connectivity index (χ2n) is 4.59. The Bertz CT molecular complexity index is 307. The topological polar surface area (TPSA) is 3.24 Å². The second-order valence-corrected chi connectivity index (χ2v) is 4.59. The molecule has 1 aromatic rings. The maximum absolute atomic E-state index is 2.32. The Kier molecular flexibility index (Phi) is 4.41. The van der Waals surface area contributed by atoms with Crippen LogP contribution in [0.5, 0.6) is 0 Å². The van der Waals surface area contributed by atoms with Crippen molar-refractivity contribution in [2.45, 2.75) is 27.7 Å². The summed E-state index contributed by atoms with van der Waals surface area (Å²) in [4.78, 5) is 2.32. The van der Waals surface area contributed by atoms with Crippen molar-refractivity contribution >= 4 is 5.69 Å². The first-order valence-corrected chi connectivity index (χ1v) is 5.56. The highest BCUT2D eigenvalue weighted by Crippen LogP contribution is 2.16. The standard InChI is InChI=1S/C14H21N/c1-12(2)10-15(11-13(3)4)14-8-6-5-7-9-14/h5-10,13H,11H2,1-4H3. The van der Waals surface area contributed by atoms with E-state index in [-0.39, 0.29) is 0 Å². The third-order valence-corrected chi connectivity index (χ3v) is 2.06. The summed E-state index contributed by atoms with van der Waals surface area (Å²) in [6, 6.07) is 10.5. The molecule has 0 unspecified atom stereocenters. The van der Waals surface area contributed by atoms with Crippen LogP contribution in [-0.4, -0.2) is 6.54 Å². The predicted molar refractivity (Wildman–Crippen MR) is 68.1 cm³/mol. The summed E-state index contributed by atoms with van der Waals surface area (Å²) in [5.74, 6) is 0.667. The highest BCUT2D eigenvalue weighted by atomic mass is 15.1. The molecule has 0 radical (unpaired) electrons. The maximum Gasteiger partial charge on any atom is 0.0406 e. The molecule has 0 heterocycles. The molecule has 0 spiro atoms. The number of hydrogen-bond acceptors (Lipinski definition) is 1. The maximum atomic E-state index is 2.32. The molecule has 0 atom stereocenters. The molecule has 82 valence electrons. The van der Waals surface area contributed by atoms with Gasteiger partial charge in [0, 0.05) is 18.4 Å². The summed E-state index contributed by atoms with van der Waals surface area (Å²) in [7, 11) is 0. The van der Waals surface area contributed by atoms with Gasteiger partial charge in [-0.05, 0) is 31.9 Å². The Morgan fingerprint density at radius 1 is 1.20 bits per heavy atom. The van der Waals surface area contributed by atoms with Crippen LogP contribution in [0.15, 0.2) is 42.1 Å². The lowest BCUT2D eigenvalue weighted by molar-refractivity contribution is 0.648. The number of anilines is 1. The van der Waals surface area contributed by atoms with E-state index < -0.39 is 0 Å². The fourth-order valence-corrected chi connectivity index (χ4v) is 1.56. The monoisotopic (exact) mass is 203 g/mol. The highest BCUT2D eigenvalue weighted by molar-refractivity contribution is 5.49. The van der Waals surface area contributed by atoms with Crippen LogP contribution in [-0.2, 0) is 0 Å². The van der Waals surface area contributed by atoms with Crippen molar-refractivity contribution in [1.29, 1.82) is 0 Å². The number of hydrogen-bond donors (Lipinski definition) is 0. The molecule has 0 fully saturated rings. The number of allylic oxidation sites excluding steroid dienone is 1. The van der Waals surface area contributed by atoms with Gasteiger partial charge in [0.05, 0.1) is 0 Å². The van der Waals surface area contributed by atoms with E-state index in [1.54, 1.807) is 0 Å². The van der Waals surface area contributed by atoms with E-state index in [9.17, 15) is 0 Å². The molecule has 15 heavy (non-hydrogen) atoms. The van der Waals surface area contributed by atoms with E-state index in [1.165, 1.54) is 11.3 Å². The fourth-order valence-electron chi connectivity index (χ4n) is 1.56. The third-order valence-electron chi connectivity index (χ3n) is 2.06. The van der Waals surface area contributed by atoms with Crippen LogP contribution in [0, 0.1) is 5.92 Å². The van der Waals surface area contributed by atoms with Crippen molar-refractivity contribution in [3.8, 4) is 0 Å². The molecule has 0 aliphatic carbocycles. The molecule has 1 aromatic carbocycles. The molecule has 0 saturated carbocycles. The average Bonchev–Trinajstić information content (AvgIpc) is 2.17. The zero-order chi connectivity index (χ0) is 11.3. The van der Waals surface area contributed by atoms with E-state index in [1.807, 2.05) is 0 Å². The molecule has 0 aliphatic heterocycles. The van der Waals surface area contributed by atoms with Crippen molar-refractivity contribution < 1.29 is 0 Å². The normalized spacial score (nSPS) is 10.2. The van der Waals surface area contributed by atoms with Gasteiger partial charge in [-0.2, -0.15) is 0 Å². The minimum Gasteiger partial charge on any atom is -0.348 e. The first-order chi connectivity index (χ1) is 7.09. The van der Waals surface area contributed by atoms with Crippen molar-refractivity contribution in [2.24, 2.45) is 5.92 Å². The molecule has 0 amide bonds. The molecule has 0 bridgehead atoms. The number of para-hydroxylation sites is 1. The van der Waals surface area contributed by atoms with E-state index in [4.69, 9.17) is 0 Å². The van der Waals surface area contributed by atoms with Crippen molar-refractivity contribution in [1.82, 2.24) is 0 Å². The number of rotatable bonds is 4. The molecular weight excluding hydrogens is 182 g/mol. The largest absolute Gasteiger partial charge is 0.348 e. The Morgan fingerprint density at radius 3 is 2.27 bits per heavy atom. The average molecular weight is 203 g/mol. The predicted octanol–water partition coefficient (Wildman–Crippen LogP) is 4.07. The molecule has 0 saturated heterocycles. The molecule has 0 N–H and O–H groups in total. The SMILES string of the molecule is CC(C)=CN(CC(C)C)c1ccccc1. The second kappa shape index (κ2) is 5.59. The van der Waals surface area contributed by atoms with Gasteiger partial charge in [0.25, 0.3) is 0 Å². The fraction of sp³-hybridized carbons (Fsp3) is 0.429. The Hall–Kier alpha value is -1.24. The Labute approximate surface area is 93.4 Å². The minimum absolute atomic E-state index is 0.667. The number of benzene rings is 1. The summed E-state index contributed by atoms with van der Waals surface area (Å²) >= 11 is 0. The molecule has 1 rings (SSSR count). The molecule has 1 nitrogen and oxygen atoms in total. The van der Waals surface area contributed by atoms with Crippen molar-refractivity contribution in [3.05, 3.63) is 42.1 Å². The van der Waals surface area contributed by atoms with Gasteiger partial charge in [-0.15, -0.1) is 0 Å². The molecule has 1 heteroatoms. The zero-order valence-electron chi connectivity index (χ0n) is 10.2. The third kappa shape index (κ3) is 4.20. The Balaban J connectivity index is 2.86. The minimum atomic E-state index is 0.667. The molecule has 0 aromatic heterocycles. The van der Waals surface area contributed by atoms with Crippen LogP contribution in [0.3, 0.4) is 0 Å². The lowest BCUT2D eigenvalue weighted by Crippen LogP contribution is -2.21.